The molecule has 2 aromatic rings. The van der Waals surface area contributed by atoms with Crippen molar-refractivity contribution in [3.05, 3.63) is 64.4 Å². The number of benzene rings is 1. The summed E-state index contributed by atoms with van der Waals surface area (Å²) < 4.78 is 0. The van der Waals surface area contributed by atoms with Crippen molar-refractivity contribution in [2.24, 2.45) is 4.99 Å². The van der Waals surface area contributed by atoms with Gasteiger partial charge in [-0.2, -0.15) is 0 Å². The number of aliphatic imine (C=N–C) groups is 1. The van der Waals surface area contributed by atoms with Crippen molar-refractivity contribution >= 4 is 41.5 Å². The monoisotopic (exact) mass is 444 g/mol. The number of pyridine rings is 1. The third-order valence-corrected chi connectivity index (χ3v) is 3.53. The van der Waals surface area contributed by atoms with Gasteiger partial charge in [-0.25, -0.2) is 0 Å². The first-order valence-corrected chi connectivity index (χ1v) is 7.55. The van der Waals surface area contributed by atoms with Gasteiger partial charge in [-0.3, -0.25) is 9.98 Å². The van der Waals surface area contributed by atoms with Crippen molar-refractivity contribution in [1.82, 2.24) is 15.2 Å². The van der Waals surface area contributed by atoms with Gasteiger partial charge in [0.25, 0.3) is 0 Å². The minimum Gasteiger partial charge on any atom is -0.351 e. The molecule has 0 saturated heterocycles. The molecule has 0 bridgehead atoms. The average Bonchev–Trinajstić information content (AvgIpc) is 2.50. The average molecular weight is 445 g/mol. The molecule has 124 valence electrons. The Morgan fingerprint density at radius 2 is 1.91 bits per heavy atom. The van der Waals surface area contributed by atoms with E-state index in [4.69, 9.17) is 11.6 Å². The van der Waals surface area contributed by atoms with Crippen LogP contribution in [0.4, 0.5) is 0 Å². The third-order valence-electron chi connectivity index (χ3n) is 3.28. The largest absolute Gasteiger partial charge is 0.351 e. The third kappa shape index (κ3) is 6.35. The number of nitrogens with zero attached hydrogens (tertiary/aromatic N) is 3. The van der Waals surface area contributed by atoms with E-state index in [9.17, 15) is 0 Å². The molecule has 0 aliphatic heterocycles. The van der Waals surface area contributed by atoms with Crippen molar-refractivity contribution < 1.29 is 0 Å². The number of nitrogens with one attached hydrogen (secondary N) is 1. The molecule has 0 amide bonds. The fourth-order valence-electron chi connectivity index (χ4n) is 2.19. The highest BCUT2D eigenvalue weighted by Crippen LogP contribution is 2.11. The van der Waals surface area contributed by atoms with Gasteiger partial charge in [0, 0.05) is 31.4 Å². The molecule has 0 spiro atoms. The van der Waals surface area contributed by atoms with E-state index in [1.807, 2.05) is 56.4 Å². The summed E-state index contributed by atoms with van der Waals surface area (Å²) in [6, 6.07) is 13.9. The van der Waals surface area contributed by atoms with Crippen LogP contribution in [-0.2, 0) is 13.1 Å². The van der Waals surface area contributed by atoms with Gasteiger partial charge in [-0.1, -0.05) is 29.8 Å². The second kappa shape index (κ2) is 9.72. The lowest BCUT2D eigenvalue weighted by molar-refractivity contribution is 0.476. The molecular weight excluding hydrogens is 423 g/mol. The zero-order valence-corrected chi connectivity index (χ0v) is 16.7. The smallest absolute Gasteiger partial charge is 0.194 e. The molecule has 0 fully saturated rings. The lowest BCUT2D eigenvalue weighted by Crippen LogP contribution is -2.38. The normalized spacial score (nSPS) is 10.9. The van der Waals surface area contributed by atoms with Gasteiger partial charge in [0.1, 0.15) is 0 Å². The summed E-state index contributed by atoms with van der Waals surface area (Å²) in [5, 5.41) is 4.08. The van der Waals surface area contributed by atoms with E-state index in [-0.39, 0.29) is 24.0 Å². The SMILES string of the molecule is CN=C(NCc1cccc(C)n1)N(C)Cc1ccc(Cl)cc1.I. The van der Waals surface area contributed by atoms with E-state index in [0.717, 1.165) is 28.9 Å². The molecular formula is C17H22ClIN4. The predicted molar refractivity (Wildman–Crippen MR) is 108 cm³/mol. The van der Waals surface area contributed by atoms with E-state index in [2.05, 4.69) is 20.2 Å². The Morgan fingerprint density at radius 3 is 2.52 bits per heavy atom. The van der Waals surface area contributed by atoms with Gasteiger partial charge in [-0.05, 0) is 36.8 Å². The van der Waals surface area contributed by atoms with Gasteiger partial charge in [0.05, 0.1) is 12.2 Å². The summed E-state index contributed by atoms with van der Waals surface area (Å²) in [4.78, 5) is 10.9. The molecule has 0 atom stereocenters. The Bertz CT molecular complexity index is 643. The van der Waals surface area contributed by atoms with E-state index < -0.39 is 0 Å². The van der Waals surface area contributed by atoms with Crippen LogP contribution in [-0.4, -0.2) is 29.9 Å². The van der Waals surface area contributed by atoms with Crippen molar-refractivity contribution in [2.45, 2.75) is 20.0 Å². The van der Waals surface area contributed by atoms with Crippen LogP contribution in [0.5, 0.6) is 0 Å². The topological polar surface area (TPSA) is 40.5 Å². The molecule has 1 heterocycles. The first-order chi connectivity index (χ1) is 10.6. The maximum Gasteiger partial charge on any atom is 0.194 e. The van der Waals surface area contributed by atoms with Crippen molar-refractivity contribution in [3.8, 4) is 0 Å². The number of hydrogen-bond acceptors (Lipinski definition) is 2. The lowest BCUT2D eigenvalue weighted by Gasteiger charge is -2.22. The van der Waals surface area contributed by atoms with Crippen LogP contribution in [0.2, 0.25) is 5.02 Å². The maximum atomic E-state index is 5.91. The lowest BCUT2D eigenvalue weighted by atomic mass is 10.2. The number of aryl methyl sites for hydroxylation is 1. The Morgan fingerprint density at radius 1 is 1.22 bits per heavy atom. The van der Waals surface area contributed by atoms with E-state index >= 15 is 0 Å². The number of rotatable bonds is 4. The quantitative estimate of drug-likeness (QED) is 0.442. The molecule has 0 aliphatic carbocycles. The van der Waals surface area contributed by atoms with Gasteiger partial charge in [-0.15, -0.1) is 24.0 Å². The summed E-state index contributed by atoms with van der Waals surface area (Å²) in [6.45, 7) is 3.41. The van der Waals surface area contributed by atoms with Gasteiger partial charge in [0.15, 0.2) is 5.96 Å². The van der Waals surface area contributed by atoms with E-state index in [0.29, 0.717) is 6.54 Å². The van der Waals surface area contributed by atoms with Crippen LogP contribution in [0.1, 0.15) is 17.0 Å². The number of guanidine groups is 1. The summed E-state index contributed by atoms with van der Waals surface area (Å²) in [5.74, 6) is 0.832. The molecule has 0 unspecified atom stereocenters. The molecule has 4 nitrogen and oxygen atoms in total. The summed E-state index contributed by atoms with van der Waals surface area (Å²) in [7, 11) is 3.79. The molecule has 0 saturated carbocycles. The molecule has 2 rings (SSSR count). The first kappa shape index (κ1) is 19.7. The Hall–Kier alpha value is -1.34. The Balaban J connectivity index is 0.00000264. The van der Waals surface area contributed by atoms with Crippen LogP contribution in [0.15, 0.2) is 47.5 Å². The molecule has 0 aliphatic rings. The highest BCUT2D eigenvalue weighted by atomic mass is 127. The van der Waals surface area contributed by atoms with Gasteiger partial charge < -0.3 is 10.2 Å². The standard InChI is InChI=1S/C17H21ClN4.HI/c1-13-5-4-6-16(21-13)11-20-17(19-2)22(3)12-14-7-9-15(18)10-8-14;/h4-10H,11-12H2,1-3H3,(H,19,20);1H. The zero-order chi connectivity index (χ0) is 15.9. The fourth-order valence-corrected chi connectivity index (χ4v) is 2.32. The van der Waals surface area contributed by atoms with Crippen LogP contribution >= 0.6 is 35.6 Å². The molecule has 1 aromatic carbocycles. The maximum absolute atomic E-state index is 5.91. The van der Waals surface area contributed by atoms with Crippen LogP contribution < -0.4 is 5.32 Å². The van der Waals surface area contributed by atoms with Crippen LogP contribution in [0, 0.1) is 6.92 Å². The van der Waals surface area contributed by atoms with Gasteiger partial charge >= 0.3 is 0 Å². The molecule has 0 radical (unpaired) electrons. The van der Waals surface area contributed by atoms with Crippen molar-refractivity contribution in [2.75, 3.05) is 14.1 Å². The van der Waals surface area contributed by atoms with E-state index in [1.165, 1.54) is 5.56 Å². The minimum atomic E-state index is 0. The number of hydrogen-bond donors (Lipinski definition) is 1. The molecule has 23 heavy (non-hydrogen) atoms. The summed E-state index contributed by atoms with van der Waals surface area (Å²) in [5.41, 5.74) is 3.20. The minimum absolute atomic E-state index is 0. The molecule has 6 heteroatoms. The number of aromatic nitrogens is 1. The van der Waals surface area contributed by atoms with Gasteiger partial charge in [0.2, 0.25) is 0 Å². The molecule has 1 aromatic heterocycles. The Labute approximate surface area is 160 Å². The first-order valence-electron chi connectivity index (χ1n) is 7.17. The summed E-state index contributed by atoms with van der Waals surface area (Å²) in [6.07, 6.45) is 0. The fraction of sp³-hybridized carbons (Fsp3) is 0.294. The predicted octanol–water partition coefficient (Wildman–Crippen LogP) is 3.87. The highest BCUT2D eigenvalue weighted by molar-refractivity contribution is 14.0. The van der Waals surface area contributed by atoms with E-state index in [1.54, 1.807) is 7.05 Å². The number of halogens is 2. The van der Waals surface area contributed by atoms with Crippen molar-refractivity contribution in [3.63, 3.8) is 0 Å². The van der Waals surface area contributed by atoms with Crippen molar-refractivity contribution in [1.29, 1.82) is 0 Å². The highest BCUT2D eigenvalue weighted by Gasteiger charge is 2.07. The van der Waals surface area contributed by atoms with Crippen LogP contribution in [0.3, 0.4) is 0 Å². The second-order valence-electron chi connectivity index (χ2n) is 5.15. The molecule has 1 N–H and O–H groups in total. The Kier molecular flexibility index (Phi) is 8.33. The van der Waals surface area contributed by atoms with Crippen LogP contribution in [0.25, 0.3) is 0 Å². The zero-order valence-electron chi connectivity index (χ0n) is 13.6. The second-order valence-corrected chi connectivity index (χ2v) is 5.59. The summed E-state index contributed by atoms with van der Waals surface area (Å²) >= 11 is 5.91.